The highest BCUT2D eigenvalue weighted by Crippen LogP contribution is 2.24. The molecule has 0 fully saturated rings. The maximum absolute atomic E-state index is 9.50. The number of aromatic hydroxyl groups is 1. The quantitative estimate of drug-likeness (QED) is 0.381. The van der Waals surface area contributed by atoms with Gasteiger partial charge in [0.05, 0.1) is 17.6 Å². The maximum Gasteiger partial charge on any atom is 0.124 e. The van der Waals surface area contributed by atoms with E-state index >= 15 is 0 Å². The van der Waals surface area contributed by atoms with E-state index in [4.69, 9.17) is 5.21 Å². The highest BCUT2D eigenvalue weighted by molar-refractivity contribution is 9.10. The number of azo groups is 1. The number of halogens is 1. The molecule has 0 saturated heterocycles. The van der Waals surface area contributed by atoms with E-state index in [1.807, 2.05) is 24.3 Å². The van der Waals surface area contributed by atoms with Gasteiger partial charge in [-0.3, -0.25) is 0 Å². The zero-order valence-corrected chi connectivity index (χ0v) is 11.3. The molecule has 0 aliphatic heterocycles. The number of rotatable bonds is 3. The van der Waals surface area contributed by atoms with Crippen LogP contribution in [0.1, 0.15) is 5.56 Å². The highest BCUT2D eigenvalue weighted by Gasteiger charge is 2.00. The van der Waals surface area contributed by atoms with Gasteiger partial charge in [-0.1, -0.05) is 21.1 Å². The first-order chi connectivity index (χ1) is 9.19. The zero-order valence-electron chi connectivity index (χ0n) is 9.73. The van der Waals surface area contributed by atoms with Crippen molar-refractivity contribution in [2.75, 3.05) is 0 Å². The summed E-state index contributed by atoms with van der Waals surface area (Å²) in [5.41, 5.74) is 1.64. The number of hydrogen-bond acceptors (Lipinski definition) is 5. The summed E-state index contributed by atoms with van der Waals surface area (Å²) >= 11 is 3.34. The van der Waals surface area contributed by atoms with Gasteiger partial charge in [0, 0.05) is 10.0 Å². The molecular weight excluding hydrogens is 310 g/mol. The molecule has 0 aliphatic rings. The van der Waals surface area contributed by atoms with E-state index in [9.17, 15) is 5.11 Å². The summed E-state index contributed by atoms with van der Waals surface area (Å²) in [5, 5.41) is 29.0. The standard InChI is InChI=1S/C13H10BrN3O2/c14-10-1-3-11(4-2-10)16-17-12-5-6-13(18)9(7-12)8-15-19/h1-8,18-19H. The van der Waals surface area contributed by atoms with Gasteiger partial charge in [-0.05, 0) is 42.5 Å². The Morgan fingerprint density at radius 3 is 2.26 bits per heavy atom. The molecule has 0 unspecified atom stereocenters. The predicted octanol–water partition coefficient (Wildman–Crippen LogP) is 4.38. The van der Waals surface area contributed by atoms with Crippen LogP contribution in [0.2, 0.25) is 0 Å². The summed E-state index contributed by atoms with van der Waals surface area (Å²) in [6.07, 6.45) is 1.13. The normalized spacial score (nSPS) is 11.4. The van der Waals surface area contributed by atoms with E-state index in [0.717, 1.165) is 10.7 Å². The summed E-state index contributed by atoms with van der Waals surface area (Å²) in [4.78, 5) is 0. The lowest BCUT2D eigenvalue weighted by atomic mass is 10.2. The summed E-state index contributed by atoms with van der Waals surface area (Å²) in [7, 11) is 0. The third-order valence-corrected chi connectivity index (χ3v) is 2.84. The van der Waals surface area contributed by atoms with E-state index in [1.54, 1.807) is 12.1 Å². The molecule has 0 bridgehead atoms. The van der Waals surface area contributed by atoms with Crippen LogP contribution < -0.4 is 0 Å². The summed E-state index contributed by atoms with van der Waals surface area (Å²) in [6.45, 7) is 0. The van der Waals surface area contributed by atoms with Crippen molar-refractivity contribution in [3.63, 3.8) is 0 Å². The maximum atomic E-state index is 9.50. The van der Waals surface area contributed by atoms with Crippen molar-refractivity contribution in [1.82, 2.24) is 0 Å². The van der Waals surface area contributed by atoms with Crippen LogP contribution >= 0.6 is 15.9 Å². The van der Waals surface area contributed by atoms with Crippen LogP contribution in [0.15, 0.2) is 62.3 Å². The van der Waals surface area contributed by atoms with Crippen LogP contribution in [0, 0.1) is 0 Å². The lowest BCUT2D eigenvalue weighted by Gasteiger charge is -1.99. The van der Waals surface area contributed by atoms with Crippen molar-refractivity contribution >= 4 is 33.5 Å². The Hall–Kier alpha value is -2.21. The SMILES string of the molecule is ON=Cc1cc(N=Nc2ccc(Br)cc2)ccc1O. The fraction of sp³-hybridized carbons (Fsp3) is 0. The molecule has 2 aromatic carbocycles. The van der Waals surface area contributed by atoms with Crippen molar-refractivity contribution in [2.24, 2.45) is 15.4 Å². The molecule has 0 atom stereocenters. The van der Waals surface area contributed by atoms with E-state index < -0.39 is 0 Å². The second-order valence-corrected chi connectivity index (χ2v) is 4.58. The second-order valence-electron chi connectivity index (χ2n) is 3.66. The van der Waals surface area contributed by atoms with Crippen molar-refractivity contribution < 1.29 is 10.3 Å². The largest absolute Gasteiger partial charge is 0.507 e. The third-order valence-electron chi connectivity index (χ3n) is 2.32. The summed E-state index contributed by atoms with van der Waals surface area (Å²) in [5.74, 6) is 0.0143. The molecule has 0 amide bonds. The fourth-order valence-electron chi connectivity index (χ4n) is 1.39. The summed E-state index contributed by atoms with van der Waals surface area (Å²) < 4.78 is 0.970. The first kappa shape index (κ1) is 13.2. The fourth-order valence-corrected chi connectivity index (χ4v) is 1.66. The lowest BCUT2D eigenvalue weighted by Crippen LogP contribution is -1.81. The molecule has 96 valence electrons. The number of oxime groups is 1. The van der Waals surface area contributed by atoms with E-state index in [0.29, 0.717) is 16.9 Å². The first-order valence-electron chi connectivity index (χ1n) is 5.37. The van der Waals surface area contributed by atoms with Crippen LogP contribution in [0.5, 0.6) is 5.75 Å². The number of benzene rings is 2. The Morgan fingerprint density at radius 2 is 1.58 bits per heavy atom. The molecule has 6 heteroatoms. The molecule has 0 saturated carbocycles. The zero-order chi connectivity index (χ0) is 13.7. The van der Waals surface area contributed by atoms with E-state index in [-0.39, 0.29) is 5.75 Å². The Balaban J connectivity index is 2.23. The van der Waals surface area contributed by atoms with Crippen molar-refractivity contribution in [2.45, 2.75) is 0 Å². The van der Waals surface area contributed by atoms with Crippen LogP contribution in [-0.4, -0.2) is 16.5 Å². The number of hydrogen-bond donors (Lipinski definition) is 2. The minimum atomic E-state index is 0.0143. The molecule has 2 rings (SSSR count). The molecule has 2 N–H and O–H groups in total. The van der Waals surface area contributed by atoms with Gasteiger partial charge < -0.3 is 10.3 Å². The topological polar surface area (TPSA) is 77.5 Å². The Bertz CT molecular complexity index is 624. The molecule has 19 heavy (non-hydrogen) atoms. The van der Waals surface area contributed by atoms with Gasteiger partial charge in [0.2, 0.25) is 0 Å². The van der Waals surface area contributed by atoms with Gasteiger partial charge in [-0.2, -0.15) is 10.2 Å². The van der Waals surface area contributed by atoms with Crippen LogP contribution in [0.3, 0.4) is 0 Å². The molecule has 0 heterocycles. The van der Waals surface area contributed by atoms with Gasteiger partial charge >= 0.3 is 0 Å². The molecule has 0 radical (unpaired) electrons. The molecule has 5 nitrogen and oxygen atoms in total. The van der Waals surface area contributed by atoms with Gasteiger partial charge in [0.25, 0.3) is 0 Å². The smallest absolute Gasteiger partial charge is 0.124 e. The van der Waals surface area contributed by atoms with Crippen LogP contribution in [-0.2, 0) is 0 Å². The molecular formula is C13H10BrN3O2. The monoisotopic (exact) mass is 319 g/mol. The minimum Gasteiger partial charge on any atom is -0.507 e. The van der Waals surface area contributed by atoms with Gasteiger partial charge in [0.15, 0.2) is 0 Å². The molecule has 0 spiro atoms. The van der Waals surface area contributed by atoms with E-state index in [2.05, 4.69) is 31.3 Å². The minimum absolute atomic E-state index is 0.0143. The Morgan fingerprint density at radius 1 is 0.947 bits per heavy atom. The average molecular weight is 320 g/mol. The molecule has 2 aromatic rings. The average Bonchev–Trinajstić information content (AvgIpc) is 2.42. The van der Waals surface area contributed by atoms with Crippen LogP contribution in [0.25, 0.3) is 0 Å². The first-order valence-corrected chi connectivity index (χ1v) is 6.16. The summed E-state index contributed by atoms with van der Waals surface area (Å²) in [6, 6.07) is 12.0. The molecule has 0 aromatic heterocycles. The Kier molecular flexibility index (Phi) is 4.25. The predicted molar refractivity (Wildman–Crippen MR) is 75.8 cm³/mol. The van der Waals surface area contributed by atoms with Gasteiger partial charge in [-0.15, -0.1) is 0 Å². The lowest BCUT2D eigenvalue weighted by molar-refractivity contribution is 0.321. The van der Waals surface area contributed by atoms with Gasteiger partial charge in [-0.25, -0.2) is 0 Å². The second kappa shape index (κ2) is 6.10. The number of phenols is 1. The number of nitrogens with zero attached hydrogens (tertiary/aromatic N) is 3. The number of phenolic OH excluding ortho intramolecular Hbond substituents is 1. The van der Waals surface area contributed by atoms with Crippen molar-refractivity contribution in [3.8, 4) is 5.75 Å². The third kappa shape index (κ3) is 3.62. The van der Waals surface area contributed by atoms with Crippen LogP contribution in [0.4, 0.5) is 11.4 Å². The van der Waals surface area contributed by atoms with E-state index in [1.165, 1.54) is 6.07 Å². The Labute approximate surface area is 118 Å². The highest BCUT2D eigenvalue weighted by atomic mass is 79.9. The van der Waals surface area contributed by atoms with Crippen molar-refractivity contribution in [1.29, 1.82) is 0 Å². The van der Waals surface area contributed by atoms with Gasteiger partial charge in [0.1, 0.15) is 5.75 Å². The van der Waals surface area contributed by atoms with Crippen molar-refractivity contribution in [3.05, 3.63) is 52.5 Å². The molecule has 0 aliphatic carbocycles.